The monoisotopic (exact) mass is 325 g/mol. The van der Waals surface area contributed by atoms with E-state index in [4.69, 9.17) is 0 Å². The Balaban J connectivity index is 2.54. The highest BCUT2D eigenvalue weighted by Crippen LogP contribution is 2.32. The van der Waals surface area contributed by atoms with E-state index in [9.17, 15) is 9.90 Å². The van der Waals surface area contributed by atoms with Crippen molar-refractivity contribution in [2.45, 2.75) is 52.3 Å². The van der Waals surface area contributed by atoms with E-state index >= 15 is 0 Å². The topological polar surface area (TPSA) is 40.5 Å². The fourth-order valence-electron chi connectivity index (χ4n) is 3.22. The van der Waals surface area contributed by atoms with E-state index in [0.29, 0.717) is 11.1 Å². The van der Waals surface area contributed by atoms with E-state index in [1.807, 2.05) is 81.1 Å². The molecule has 0 heterocycles. The molecule has 0 bridgehead atoms. The molecule has 3 nitrogen and oxygen atoms in total. The zero-order chi connectivity index (χ0) is 17.9. The summed E-state index contributed by atoms with van der Waals surface area (Å²) in [6.45, 7) is 9.78. The van der Waals surface area contributed by atoms with Crippen LogP contribution in [0.15, 0.2) is 54.6 Å². The Bertz CT molecular complexity index is 682. The SMILES string of the molecule is CC(C)N(C(=O)c1ccccc1C(C)(O)c1ccccc1)C(C)C. The molecule has 3 heteroatoms. The molecule has 0 aliphatic carbocycles. The molecule has 0 aromatic heterocycles. The zero-order valence-corrected chi connectivity index (χ0v) is 15.2. The minimum atomic E-state index is -1.23. The molecule has 0 radical (unpaired) electrons. The molecule has 1 amide bonds. The van der Waals surface area contributed by atoms with Crippen molar-refractivity contribution in [1.82, 2.24) is 4.90 Å². The molecule has 1 atom stereocenters. The normalized spacial score (nSPS) is 13.8. The van der Waals surface area contributed by atoms with Crippen molar-refractivity contribution in [3.63, 3.8) is 0 Å². The molecule has 0 saturated carbocycles. The second kappa shape index (κ2) is 7.18. The number of benzene rings is 2. The number of amides is 1. The fourth-order valence-corrected chi connectivity index (χ4v) is 3.22. The summed E-state index contributed by atoms with van der Waals surface area (Å²) in [6, 6.07) is 17.0. The van der Waals surface area contributed by atoms with Crippen molar-refractivity contribution < 1.29 is 9.90 Å². The van der Waals surface area contributed by atoms with Crippen LogP contribution in [0.1, 0.15) is 56.1 Å². The Kier molecular flexibility index (Phi) is 5.45. The molecule has 1 unspecified atom stereocenters. The molecule has 128 valence electrons. The van der Waals surface area contributed by atoms with Crippen LogP contribution in [-0.4, -0.2) is 28.0 Å². The molecule has 0 fully saturated rings. The molecule has 2 aromatic carbocycles. The first-order valence-electron chi connectivity index (χ1n) is 8.47. The first-order chi connectivity index (χ1) is 11.3. The quantitative estimate of drug-likeness (QED) is 0.895. The Morgan fingerprint density at radius 3 is 1.96 bits per heavy atom. The van der Waals surface area contributed by atoms with E-state index in [-0.39, 0.29) is 18.0 Å². The van der Waals surface area contributed by atoms with Gasteiger partial charge in [-0.05, 0) is 46.2 Å². The van der Waals surface area contributed by atoms with E-state index in [1.165, 1.54) is 0 Å². The maximum atomic E-state index is 13.1. The summed E-state index contributed by atoms with van der Waals surface area (Å²) >= 11 is 0. The van der Waals surface area contributed by atoms with Crippen LogP contribution in [0.5, 0.6) is 0 Å². The molecule has 24 heavy (non-hydrogen) atoms. The molecule has 0 saturated heterocycles. The van der Waals surface area contributed by atoms with Gasteiger partial charge in [0.1, 0.15) is 5.60 Å². The molecule has 0 spiro atoms. The van der Waals surface area contributed by atoms with Crippen molar-refractivity contribution in [3.05, 3.63) is 71.3 Å². The van der Waals surface area contributed by atoms with Crippen LogP contribution in [0.4, 0.5) is 0 Å². The standard InChI is InChI=1S/C21H27NO2/c1-15(2)22(16(3)4)20(23)18-13-9-10-14-19(18)21(5,24)17-11-7-6-8-12-17/h6-16,24H,1-5H3. The largest absolute Gasteiger partial charge is 0.381 e. The highest BCUT2D eigenvalue weighted by molar-refractivity contribution is 5.96. The lowest BCUT2D eigenvalue weighted by Gasteiger charge is -2.33. The molecule has 2 rings (SSSR count). The number of rotatable bonds is 5. The van der Waals surface area contributed by atoms with Crippen molar-refractivity contribution in [1.29, 1.82) is 0 Å². The molecule has 1 N–H and O–H groups in total. The van der Waals surface area contributed by atoms with Crippen LogP contribution in [0, 0.1) is 0 Å². The van der Waals surface area contributed by atoms with Gasteiger partial charge in [0.05, 0.1) is 0 Å². The van der Waals surface area contributed by atoms with Crippen molar-refractivity contribution in [3.8, 4) is 0 Å². The van der Waals surface area contributed by atoms with Gasteiger partial charge < -0.3 is 10.0 Å². The number of carbonyl (C=O) groups is 1. The van der Waals surface area contributed by atoms with E-state index < -0.39 is 5.60 Å². The summed E-state index contributed by atoms with van der Waals surface area (Å²) < 4.78 is 0. The van der Waals surface area contributed by atoms with Crippen molar-refractivity contribution in [2.24, 2.45) is 0 Å². The van der Waals surface area contributed by atoms with Gasteiger partial charge in [0.2, 0.25) is 0 Å². The van der Waals surface area contributed by atoms with Gasteiger partial charge in [0.25, 0.3) is 5.91 Å². The minimum Gasteiger partial charge on any atom is -0.381 e. The van der Waals surface area contributed by atoms with Gasteiger partial charge in [-0.2, -0.15) is 0 Å². The predicted molar refractivity (Wildman–Crippen MR) is 98.0 cm³/mol. The van der Waals surface area contributed by atoms with E-state index in [1.54, 1.807) is 13.0 Å². The average molecular weight is 325 g/mol. The van der Waals surface area contributed by atoms with Crippen LogP contribution in [-0.2, 0) is 5.60 Å². The van der Waals surface area contributed by atoms with E-state index in [0.717, 1.165) is 5.56 Å². The second-order valence-corrected chi connectivity index (χ2v) is 6.88. The first-order valence-corrected chi connectivity index (χ1v) is 8.47. The third kappa shape index (κ3) is 3.51. The third-order valence-electron chi connectivity index (χ3n) is 4.37. The summed E-state index contributed by atoms with van der Waals surface area (Å²) in [4.78, 5) is 15.0. The maximum absolute atomic E-state index is 13.1. The van der Waals surface area contributed by atoms with Crippen molar-refractivity contribution >= 4 is 5.91 Å². The third-order valence-corrected chi connectivity index (χ3v) is 4.37. The van der Waals surface area contributed by atoms with Gasteiger partial charge in [-0.25, -0.2) is 0 Å². The van der Waals surface area contributed by atoms with Gasteiger partial charge in [-0.3, -0.25) is 4.79 Å². The van der Waals surface area contributed by atoms with Gasteiger partial charge >= 0.3 is 0 Å². The number of aliphatic hydroxyl groups is 1. The fraction of sp³-hybridized carbons (Fsp3) is 0.381. The maximum Gasteiger partial charge on any atom is 0.254 e. The van der Waals surface area contributed by atoms with Crippen LogP contribution in [0.25, 0.3) is 0 Å². The lowest BCUT2D eigenvalue weighted by atomic mass is 9.85. The Morgan fingerprint density at radius 1 is 0.917 bits per heavy atom. The Labute approximate surface area is 144 Å². The summed E-state index contributed by atoms with van der Waals surface area (Å²) in [5.41, 5.74) is 0.722. The molecular formula is C21H27NO2. The van der Waals surface area contributed by atoms with Crippen LogP contribution >= 0.6 is 0 Å². The number of carbonyl (C=O) groups excluding carboxylic acids is 1. The molecule has 0 aliphatic heterocycles. The molecular weight excluding hydrogens is 298 g/mol. The Hall–Kier alpha value is -2.13. The zero-order valence-electron chi connectivity index (χ0n) is 15.2. The lowest BCUT2D eigenvalue weighted by molar-refractivity contribution is 0.0620. The van der Waals surface area contributed by atoms with Crippen LogP contribution in [0.2, 0.25) is 0 Å². The highest BCUT2D eigenvalue weighted by Gasteiger charge is 2.32. The van der Waals surface area contributed by atoms with Crippen LogP contribution < -0.4 is 0 Å². The van der Waals surface area contributed by atoms with Gasteiger partial charge in [0, 0.05) is 23.2 Å². The Morgan fingerprint density at radius 2 is 1.42 bits per heavy atom. The van der Waals surface area contributed by atoms with Crippen molar-refractivity contribution in [2.75, 3.05) is 0 Å². The summed E-state index contributed by atoms with van der Waals surface area (Å²) in [5, 5.41) is 11.2. The highest BCUT2D eigenvalue weighted by atomic mass is 16.3. The second-order valence-electron chi connectivity index (χ2n) is 6.88. The number of hydrogen-bond acceptors (Lipinski definition) is 2. The summed E-state index contributed by atoms with van der Waals surface area (Å²) in [7, 11) is 0. The lowest BCUT2D eigenvalue weighted by Crippen LogP contribution is -2.43. The minimum absolute atomic E-state index is 0.0493. The first kappa shape index (κ1) is 18.2. The summed E-state index contributed by atoms with van der Waals surface area (Å²) in [6.07, 6.45) is 0. The number of nitrogens with zero attached hydrogens (tertiary/aromatic N) is 1. The van der Waals surface area contributed by atoms with Gasteiger partial charge in [-0.15, -0.1) is 0 Å². The summed E-state index contributed by atoms with van der Waals surface area (Å²) in [5.74, 6) is -0.0493. The molecule has 2 aromatic rings. The smallest absolute Gasteiger partial charge is 0.254 e. The average Bonchev–Trinajstić information content (AvgIpc) is 2.55. The number of hydrogen-bond donors (Lipinski definition) is 1. The van der Waals surface area contributed by atoms with Crippen LogP contribution in [0.3, 0.4) is 0 Å². The van der Waals surface area contributed by atoms with Gasteiger partial charge in [0.15, 0.2) is 0 Å². The predicted octanol–water partition coefficient (Wildman–Crippen LogP) is 4.20. The van der Waals surface area contributed by atoms with E-state index in [2.05, 4.69) is 0 Å². The molecule has 0 aliphatic rings. The van der Waals surface area contributed by atoms with Gasteiger partial charge in [-0.1, -0.05) is 48.5 Å².